The van der Waals surface area contributed by atoms with Crippen molar-refractivity contribution in [2.24, 2.45) is 0 Å². The summed E-state index contributed by atoms with van der Waals surface area (Å²) in [6, 6.07) is 20.0. The minimum absolute atomic E-state index is 0.101. The summed E-state index contributed by atoms with van der Waals surface area (Å²) in [5, 5.41) is 9.50. The zero-order chi connectivity index (χ0) is 27.4. The number of carbonyl (C=O) groups is 1. The number of nitrogens with zero attached hydrogens (tertiary/aromatic N) is 3. The first-order valence-electron chi connectivity index (χ1n) is 12.6. The summed E-state index contributed by atoms with van der Waals surface area (Å²) in [5.74, 6) is -0.748. The number of benzene rings is 3. The average Bonchev–Trinajstić information content (AvgIpc) is 3.17. The predicted molar refractivity (Wildman–Crippen MR) is 150 cm³/mol. The largest absolute Gasteiger partial charge is 0.369 e. The number of hydrogen-bond donors (Lipinski definition) is 3. The highest BCUT2D eigenvalue weighted by atomic mass is 19.1. The average molecular weight is 527 g/mol. The van der Waals surface area contributed by atoms with Crippen molar-refractivity contribution in [3.05, 3.63) is 113 Å². The molecule has 3 aromatic carbocycles. The van der Waals surface area contributed by atoms with Crippen LogP contribution >= 0.6 is 0 Å². The van der Waals surface area contributed by atoms with Crippen LogP contribution in [-0.2, 0) is 13.0 Å². The third-order valence-electron chi connectivity index (χ3n) is 6.69. The predicted octanol–water partition coefficient (Wildman–Crippen LogP) is 6.67. The number of hydrogen-bond acceptors (Lipinski definition) is 4. The topological polar surface area (TPSA) is 83.9 Å². The van der Waals surface area contributed by atoms with E-state index in [2.05, 4.69) is 56.5 Å². The van der Waals surface area contributed by atoms with Crippen molar-refractivity contribution >= 4 is 34.3 Å². The lowest BCUT2D eigenvalue weighted by atomic mass is 10.1. The molecule has 9 heteroatoms. The van der Waals surface area contributed by atoms with Crippen LogP contribution in [0.2, 0.25) is 0 Å². The van der Waals surface area contributed by atoms with Gasteiger partial charge in [-0.05, 0) is 61.2 Å². The molecule has 5 rings (SSSR count). The molecular weight excluding hydrogens is 498 g/mol. The van der Waals surface area contributed by atoms with E-state index in [9.17, 15) is 13.6 Å². The van der Waals surface area contributed by atoms with E-state index in [4.69, 9.17) is 0 Å². The fraction of sp³-hybridized carbons (Fsp3) is 0.167. The van der Waals surface area contributed by atoms with Gasteiger partial charge in [0.1, 0.15) is 29.4 Å². The minimum Gasteiger partial charge on any atom is -0.369 e. The van der Waals surface area contributed by atoms with E-state index < -0.39 is 17.7 Å². The summed E-state index contributed by atoms with van der Waals surface area (Å²) in [6.45, 7) is 5.60. The van der Waals surface area contributed by atoms with Gasteiger partial charge in [0.2, 0.25) is 0 Å². The molecule has 0 saturated heterocycles. The molecule has 0 aliphatic rings. The van der Waals surface area contributed by atoms with Gasteiger partial charge >= 0.3 is 6.03 Å². The number of aromatic nitrogens is 3. The molecule has 0 spiro atoms. The molecule has 2 heterocycles. The van der Waals surface area contributed by atoms with Crippen molar-refractivity contribution < 1.29 is 13.6 Å². The molecule has 7 nitrogen and oxygen atoms in total. The summed E-state index contributed by atoms with van der Waals surface area (Å²) in [5.41, 5.74) is 5.94. The Labute approximate surface area is 224 Å². The first kappa shape index (κ1) is 25.8. The summed E-state index contributed by atoms with van der Waals surface area (Å²) in [4.78, 5) is 21.3. The molecular formula is C30H28F2N6O. The number of carbonyl (C=O) groups excluding carboxylic acids is 1. The second kappa shape index (κ2) is 11.3. The molecule has 39 heavy (non-hydrogen) atoms. The first-order chi connectivity index (χ1) is 18.9. The fourth-order valence-electron chi connectivity index (χ4n) is 4.52. The molecule has 2 aromatic heterocycles. The minimum atomic E-state index is -0.841. The Balaban J connectivity index is 1.20. The van der Waals surface area contributed by atoms with Gasteiger partial charge in [-0.3, -0.25) is 0 Å². The maximum atomic E-state index is 13.8. The fourth-order valence-corrected chi connectivity index (χ4v) is 4.52. The van der Waals surface area contributed by atoms with Gasteiger partial charge in [-0.2, -0.15) is 0 Å². The molecule has 0 bridgehead atoms. The van der Waals surface area contributed by atoms with Gasteiger partial charge in [0, 0.05) is 30.5 Å². The van der Waals surface area contributed by atoms with Gasteiger partial charge in [-0.1, -0.05) is 42.5 Å². The molecule has 2 amide bonds. The maximum absolute atomic E-state index is 13.8. The van der Waals surface area contributed by atoms with Gasteiger partial charge < -0.3 is 20.5 Å². The number of urea groups is 1. The van der Waals surface area contributed by atoms with Crippen molar-refractivity contribution in [3.8, 4) is 0 Å². The van der Waals surface area contributed by atoms with Crippen LogP contribution in [0.5, 0.6) is 0 Å². The molecule has 0 aliphatic heterocycles. The van der Waals surface area contributed by atoms with Crippen LogP contribution in [0.1, 0.15) is 22.4 Å². The Hall–Kier alpha value is -4.79. The Kier molecular flexibility index (Phi) is 7.49. The smallest absolute Gasteiger partial charge is 0.323 e. The van der Waals surface area contributed by atoms with Crippen LogP contribution in [0.3, 0.4) is 0 Å². The second-order valence-electron chi connectivity index (χ2n) is 9.28. The molecule has 5 aromatic rings. The van der Waals surface area contributed by atoms with E-state index in [0.29, 0.717) is 18.3 Å². The SMILES string of the molecule is Cc1c(C)n(Cc2ccccc2)c2ncnc(NCCc3ccc(NC(=O)Nc4ccc(F)cc4F)cc3)c12. The molecule has 0 aliphatic carbocycles. The highest BCUT2D eigenvalue weighted by Crippen LogP contribution is 2.29. The van der Waals surface area contributed by atoms with Gasteiger partial charge in [0.25, 0.3) is 0 Å². The Morgan fingerprint density at radius 2 is 1.67 bits per heavy atom. The number of aryl methyl sites for hydroxylation is 1. The number of rotatable bonds is 8. The number of fused-ring (bicyclic) bond motifs is 1. The highest BCUT2D eigenvalue weighted by molar-refractivity contribution is 5.99. The van der Waals surface area contributed by atoms with Gasteiger partial charge in [0.05, 0.1) is 11.1 Å². The maximum Gasteiger partial charge on any atom is 0.323 e. The van der Waals surface area contributed by atoms with E-state index in [1.165, 1.54) is 11.6 Å². The Morgan fingerprint density at radius 3 is 2.41 bits per heavy atom. The Bertz CT molecular complexity index is 1620. The third kappa shape index (κ3) is 5.87. The molecule has 0 saturated carbocycles. The van der Waals surface area contributed by atoms with E-state index in [0.717, 1.165) is 52.7 Å². The highest BCUT2D eigenvalue weighted by Gasteiger charge is 2.16. The lowest BCUT2D eigenvalue weighted by molar-refractivity contribution is 0.262. The quantitative estimate of drug-likeness (QED) is 0.211. The van der Waals surface area contributed by atoms with Crippen molar-refractivity contribution in [2.75, 3.05) is 22.5 Å². The van der Waals surface area contributed by atoms with Crippen molar-refractivity contribution in [3.63, 3.8) is 0 Å². The molecule has 0 atom stereocenters. The van der Waals surface area contributed by atoms with Crippen molar-refractivity contribution in [1.29, 1.82) is 0 Å². The van der Waals surface area contributed by atoms with Gasteiger partial charge in [0.15, 0.2) is 0 Å². The van der Waals surface area contributed by atoms with E-state index in [1.807, 2.05) is 30.3 Å². The number of halogens is 2. The van der Waals surface area contributed by atoms with Gasteiger partial charge in [-0.25, -0.2) is 23.5 Å². The number of amides is 2. The normalized spacial score (nSPS) is 11.0. The summed E-state index contributed by atoms with van der Waals surface area (Å²) in [6.07, 6.45) is 2.33. The lowest BCUT2D eigenvalue weighted by Crippen LogP contribution is -2.20. The molecule has 198 valence electrons. The standard InChI is InChI=1S/C30H28F2N6O/c1-19-20(2)38(17-22-6-4-3-5-7-22)29-27(19)28(34-18-35-29)33-15-14-21-8-11-24(12-9-21)36-30(39)37-26-13-10-23(31)16-25(26)32/h3-13,16,18H,14-15,17H2,1-2H3,(H,33,34,35)(H2,36,37,39). The van der Waals surface area contributed by atoms with Crippen LogP contribution in [-0.4, -0.2) is 27.1 Å². The van der Waals surface area contributed by atoms with E-state index in [-0.39, 0.29) is 5.69 Å². The first-order valence-corrected chi connectivity index (χ1v) is 12.6. The third-order valence-corrected chi connectivity index (χ3v) is 6.69. The molecule has 3 N–H and O–H groups in total. The molecule has 0 radical (unpaired) electrons. The summed E-state index contributed by atoms with van der Waals surface area (Å²) in [7, 11) is 0. The van der Waals surface area contributed by atoms with Crippen molar-refractivity contribution in [2.45, 2.75) is 26.8 Å². The molecule has 0 fully saturated rings. The van der Waals surface area contributed by atoms with Crippen LogP contribution in [0, 0.1) is 25.5 Å². The zero-order valence-electron chi connectivity index (χ0n) is 21.6. The van der Waals surface area contributed by atoms with Crippen LogP contribution < -0.4 is 16.0 Å². The summed E-state index contributed by atoms with van der Waals surface area (Å²) >= 11 is 0. The van der Waals surface area contributed by atoms with E-state index in [1.54, 1.807) is 18.5 Å². The monoisotopic (exact) mass is 526 g/mol. The van der Waals surface area contributed by atoms with Crippen molar-refractivity contribution in [1.82, 2.24) is 14.5 Å². The van der Waals surface area contributed by atoms with Crippen LogP contribution in [0.15, 0.2) is 79.1 Å². The zero-order valence-corrected chi connectivity index (χ0v) is 21.6. The molecule has 0 unspecified atom stereocenters. The van der Waals surface area contributed by atoms with Crippen LogP contribution in [0.4, 0.5) is 30.8 Å². The van der Waals surface area contributed by atoms with Crippen LogP contribution in [0.25, 0.3) is 11.0 Å². The summed E-state index contributed by atoms with van der Waals surface area (Å²) < 4.78 is 29.0. The number of nitrogens with one attached hydrogen (secondary N) is 3. The Morgan fingerprint density at radius 1 is 0.897 bits per heavy atom. The number of anilines is 3. The second-order valence-corrected chi connectivity index (χ2v) is 9.28. The lowest BCUT2D eigenvalue weighted by Gasteiger charge is -2.10. The van der Waals surface area contributed by atoms with E-state index >= 15 is 0 Å². The van der Waals surface area contributed by atoms with Gasteiger partial charge in [-0.15, -0.1) is 0 Å².